The zero-order chi connectivity index (χ0) is 14.8. The molecular weight excluding hydrogens is 289 g/mol. The highest BCUT2D eigenvalue weighted by Crippen LogP contribution is 2.31. The highest BCUT2D eigenvalue weighted by Gasteiger charge is 2.21. The number of hydrogen-bond acceptors (Lipinski definition) is 2. The maximum absolute atomic E-state index is 13.8. The molecule has 1 aliphatic rings. The van der Waals surface area contributed by atoms with Gasteiger partial charge in [0.1, 0.15) is 5.75 Å². The van der Waals surface area contributed by atoms with Crippen molar-refractivity contribution >= 4 is 11.6 Å². The summed E-state index contributed by atoms with van der Waals surface area (Å²) in [6, 6.07) is 10.9. The van der Waals surface area contributed by atoms with Gasteiger partial charge in [0, 0.05) is 23.2 Å². The van der Waals surface area contributed by atoms with Crippen molar-refractivity contribution in [2.45, 2.75) is 32.4 Å². The molecule has 2 nitrogen and oxygen atoms in total. The average Bonchev–Trinajstić information content (AvgIpc) is 3.26. The molecule has 3 rings (SSSR count). The van der Waals surface area contributed by atoms with E-state index in [9.17, 15) is 4.39 Å². The monoisotopic (exact) mass is 305 g/mol. The Bertz CT molecular complexity index is 655. The molecule has 0 atom stereocenters. The van der Waals surface area contributed by atoms with Crippen LogP contribution >= 0.6 is 11.6 Å². The first-order chi connectivity index (χ1) is 10.1. The predicted molar refractivity (Wildman–Crippen MR) is 82.5 cm³/mol. The van der Waals surface area contributed by atoms with Crippen molar-refractivity contribution < 1.29 is 9.13 Å². The second-order valence-electron chi connectivity index (χ2n) is 5.44. The Hall–Kier alpha value is -1.58. The van der Waals surface area contributed by atoms with Crippen LogP contribution in [0.4, 0.5) is 4.39 Å². The summed E-state index contributed by atoms with van der Waals surface area (Å²) in [6.45, 7) is 2.60. The summed E-state index contributed by atoms with van der Waals surface area (Å²) in [4.78, 5) is 0. The largest absolute Gasteiger partial charge is 0.454 e. The van der Waals surface area contributed by atoms with Gasteiger partial charge >= 0.3 is 0 Å². The van der Waals surface area contributed by atoms with Crippen LogP contribution in [0.1, 0.15) is 24.0 Å². The summed E-state index contributed by atoms with van der Waals surface area (Å²) in [7, 11) is 0. The van der Waals surface area contributed by atoms with Crippen LogP contribution in [-0.2, 0) is 6.54 Å². The van der Waals surface area contributed by atoms with Crippen molar-refractivity contribution in [1.82, 2.24) is 5.32 Å². The van der Waals surface area contributed by atoms with E-state index >= 15 is 0 Å². The lowest BCUT2D eigenvalue weighted by Crippen LogP contribution is -2.15. The van der Waals surface area contributed by atoms with Gasteiger partial charge in [-0.15, -0.1) is 0 Å². The van der Waals surface area contributed by atoms with Crippen LogP contribution in [0.2, 0.25) is 5.02 Å². The molecule has 0 unspecified atom stereocenters. The Balaban J connectivity index is 1.85. The minimum absolute atomic E-state index is 0.227. The Morgan fingerprint density at radius 1 is 1.19 bits per heavy atom. The average molecular weight is 306 g/mol. The van der Waals surface area contributed by atoms with Crippen molar-refractivity contribution in [2.75, 3.05) is 0 Å². The smallest absolute Gasteiger partial charge is 0.165 e. The van der Waals surface area contributed by atoms with Crippen LogP contribution in [0.15, 0.2) is 36.4 Å². The van der Waals surface area contributed by atoms with E-state index in [2.05, 4.69) is 5.32 Å². The molecule has 1 saturated carbocycles. The number of halogens is 2. The highest BCUT2D eigenvalue weighted by atomic mass is 35.5. The first kappa shape index (κ1) is 14.4. The van der Waals surface area contributed by atoms with Crippen LogP contribution in [0.3, 0.4) is 0 Å². The first-order valence-electron chi connectivity index (χ1n) is 7.07. The standard InChI is InChI=1S/C17H17ClFNO/c1-11-2-7-15(19)17(8-11)21-16-9-13(18)4-3-12(16)10-20-14-5-6-14/h2-4,7-9,14,20H,5-6,10H2,1H3. The molecule has 2 aromatic rings. The van der Waals surface area contributed by atoms with Gasteiger partial charge in [-0.25, -0.2) is 4.39 Å². The van der Waals surface area contributed by atoms with Gasteiger partial charge in [0.05, 0.1) is 0 Å². The van der Waals surface area contributed by atoms with Crippen LogP contribution in [-0.4, -0.2) is 6.04 Å². The third-order valence-corrected chi connectivity index (χ3v) is 3.73. The number of aryl methyl sites for hydroxylation is 1. The fourth-order valence-electron chi connectivity index (χ4n) is 2.12. The van der Waals surface area contributed by atoms with Gasteiger partial charge in [-0.1, -0.05) is 23.7 Å². The van der Waals surface area contributed by atoms with Crippen LogP contribution in [0, 0.1) is 12.7 Å². The van der Waals surface area contributed by atoms with Crippen LogP contribution in [0.5, 0.6) is 11.5 Å². The third kappa shape index (κ3) is 3.74. The first-order valence-corrected chi connectivity index (χ1v) is 7.45. The molecule has 1 aliphatic carbocycles. The molecule has 0 amide bonds. The minimum Gasteiger partial charge on any atom is -0.454 e. The highest BCUT2D eigenvalue weighted by molar-refractivity contribution is 6.30. The molecular formula is C17H17ClFNO. The van der Waals surface area contributed by atoms with Crippen molar-refractivity contribution in [2.24, 2.45) is 0 Å². The molecule has 0 saturated heterocycles. The summed E-state index contributed by atoms with van der Waals surface area (Å²) in [5.41, 5.74) is 1.93. The number of rotatable bonds is 5. The summed E-state index contributed by atoms with van der Waals surface area (Å²) in [5, 5.41) is 4.00. The van der Waals surface area contributed by atoms with Gasteiger partial charge in [-0.2, -0.15) is 0 Å². The van der Waals surface area contributed by atoms with Gasteiger partial charge in [0.15, 0.2) is 11.6 Å². The van der Waals surface area contributed by atoms with Crippen molar-refractivity contribution in [3.05, 3.63) is 58.4 Å². The fraction of sp³-hybridized carbons (Fsp3) is 0.294. The molecule has 110 valence electrons. The van der Waals surface area contributed by atoms with Crippen LogP contribution in [0.25, 0.3) is 0 Å². The Labute approximate surface area is 128 Å². The molecule has 0 aromatic heterocycles. The number of ether oxygens (including phenoxy) is 1. The molecule has 0 bridgehead atoms. The van der Waals surface area contributed by atoms with E-state index in [1.165, 1.54) is 18.9 Å². The SMILES string of the molecule is Cc1ccc(F)c(Oc2cc(Cl)ccc2CNC2CC2)c1. The van der Waals surface area contributed by atoms with Crippen molar-refractivity contribution in [1.29, 1.82) is 0 Å². The molecule has 1 fully saturated rings. The van der Waals surface area contributed by atoms with Gasteiger partial charge in [0.2, 0.25) is 0 Å². The lowest BCUT2D eigenvalue weighted by molar-refractivity contribution is 0.435. The predicted octanol–water partition coefficient (Wildman–Crippen LogP) is 4.83. The zero-order valence-corrected chi connectivity index (χ0v) is 12.6. The van der Waals surface area contributed by atoms with E-state index in [1.54, 1.807) is 18.2 Å². The van der Waals surface area contributed by atoms with Crippen molar-refractivity contribution in [3.8, 4) is 11.5 Å². The van der Waals surface area contributed by atoms with Crippen molar-refractivity contribution in [3.63, 3.8) is 0 Å². The zero-order valence-electron chi connectivity index (χ0n) is 11.8. The quantitative estimate of drug-likeness (QED) is 0.854. The Morgan fingerprint density at radius 3 is 2.76 bits per heavy atom. The van der Waals surface area contributed by atoms with E-state index in [4.69, 9.17) is 16.3 Å². The Kier molecular flexibility index (Phi) is 4.13. The molecule has 0 radical (unpaired) electrons. The van der Waals surface area contributed by atoms with E-state index in [1.807, 2.05) is 19.1 Å². The molecule has 0 aliphatic heterocycles. The normalized spacial score (nSPS) is 14.2. The maximum atomic E-state index is 13.8. The molecule has 1 N–H and O–H groups in total. The molecule has 2 aromatic carbocycles. The Morgan fingerprint density at radius 2 is 2.00 bits per heavy atom. The topological polar surface area (TPSA) is 21.3 Å². The second-order valence-corrected chi connectivity index (χ2v) is 5.88. The number of hydrogen-bond donors (Lipinski definition) is 1. The number of benzene rings is 2. The minimum atomic E-state index is -0.373. The fourth-order valence-corrected chi connectivity index (χ4v) is 2.28. The molecule has 21 heavy (non-hydrogen) atoms. The maximum Gasteiger partial charge on any atom is 0.165 e. The third-order valence-electron chi connectivity index (χ3n) is 3.49. The lowest BCUT2D eigenvalue weighted by Gasteiger charge is -2.13. The lowest BCUT2D eigenvalue weighted by atomic mass is 10.2. The second kappa shape index (κ2) is 6.04. The van der Waals surface area contributed by atoms with E-state index in [-0.39, 0.29) is 11.6 Å². The van der Waals surface area contributed by atoms with Gasteiger partial charge in [-0.05, 0) is 49.6 Å². The summed E-state index contributed by atoms with van der Waals surface area (Å²) >= 11 is 6.04. The van der Waals surface area contributed by atoms with E-state index in [0.29, 0.717) is 23.4 Å². The molecule has 4 heteroatoms. The molecule has 0 spiro atoms. The van der Waals surface area contributed by atoms with E-state index in [0.717, 1.165) is 11.1 Å². The van der Waals surface area contributed by atoms with Gasteiger partial charge in [-0.3, -0.25) is 0 Å². The summed E-state index contributed by atoms with van der Waals surface area (Å²) < 4.78 is 19.6. The summed E-state index contributed by atoms with van der Waals surface area (Å²) in [6.07, 6.45) is 2.44. The molecule has 0 heterocycles. The van der Waals surface area contributed by atoms with E-state index < -0.39 is 0 Å². The van der Waals surface area contributed by atoms with Crippen LogP contribution < -0.4 is 10.1 Å². The van der Waals surface area contributed by atoms with Gasteiger partial charge in [0.25, 0.3) is 0 Å². The summed E-state index contributed by atoms with van der Waals surface area (Å²) in [5.74, 6) is 0.451. The van der Waals surface area contributed by atoms with Gasteiger partial charge < -0.3 is 10.1 Å². The number of nitrogens with one attached hydrogen (secondary N) is 1.